The topological polar surface area (TPSA) is 81.9 Å². The van der Waals surface area contributed by atoms with Crippen molar-refractivity contribution in [1.82, 2.24) is 20.2 Å². The fraction of sp³-hybridized carbons (Fsp3) is 0.125. The molecule has 24 heavy (non-hydrogen) atoms. The largest absolute Gasteiger partial charge is 0.497 e. The van der Waals surface area contributed by atoms with E-state index < -0.39 is 0 Å². The van der Waals surface area contributed by atoms with Crippen LogP contribution < -0.4 is 10.1 Å². The first-order chi connectivity index (χ1) is 11.6. The number of nitrogens with one attached hydrogen (secondary N) is 1. The van der Waals surface area contributed by atoms with Crippen molar-refractivity contribution in [3.8, 4) is 17.1 Å². The van der Waals surface area contributed by atoms with E-state index in [0.717, 1.165) is 5.56 Å². The van der Waals surface area contributed by atoms with Crippen LogP contribution in [0.2, 0.25) is 5.02 Å². The van der Waals surface area contributed by atoms with Crippen LogP contribution in [0, 0.1) is 0 Å². The molecule has 122 valence electrons. The first kappa shape index (κ1) is 15.9. The van der Waals surface area contributed by atoms with Crippen molar-refractivity contribution in [1.29, 1.82) is 0 Å². The van der Waals surface area contributed by atoms with E-state index >= 15 is 0 Å². The van der Waals surface area contributed by atoms with E-state index in [9.17, 15) is 4.79 Å². The molecule has 0 saturated carbocycles. The average molecular weight is 344 g/mol. The molecule has 1 amide bonds. The van der Waals surface area contributed by atoms with Gasteiger partial charge < -0.3 is 10.1 Å². The Morgan fingerprint density at radius 3 is 2.88 bits per heavy atom. The van der Waals surface area contributed by atoms with E-state index in [4.69, 9.17) is 16.3 Å². The fourth-order valence-electron chi connectivity index (χ4n) is 2.08. The number of amides is 1. The summed E-state index contributed by atoms with van der Waals surface area (Å²) in [6, 6.07) is 14.2. The molecule has 0 spiro atoms. The van der Waals surface area contributed by atoms with Crippen LogP contribution in [0.3, 0.4) is 0 Å². The fourth-order valence-corrected chi connectivity index (χ4v) is 2.27. The lowest BCUT2D eigenvalue weighted by atomic mass is 10.2. The lowest BCUT2D eigenvalue weighted by molar-refractivity contribution is -0.117. The monoisotopic (exact) mass is 343 g/mol. The maximum Gasteiger partial charge on any atom is 0.248 e. The van der Waals surface area contributed by atoms with Crippen molar-refractivity contribution in [3.05, 3.63) is 53.6 Å². The van der Waals surface area contributed by atoms with Gasteiger partial charge in [0.25, 0.3) is 0 Å². The summed E-state index contributed by atoms with van der Waals surface area (Å²) in [5.41, 5.74) is 1.37. The second-order valence-electron chi connectivity index (χ2n) is 4.93. The maximum atomic E-state index is 12.0. The zero-order chi connectivity index (χ0) is 16.9. The molecular formula is C16H14ClN5O2. The van der Waals surface area contributed by atoms with Gasteiger partial charge >= 0.3 is 0 Å². The van der Waals surface area contributed by atoms with Crippen LogP contribution >= 0.6 is 11.6 Å². The highest BCUT2D eigenvalue weighted by Gasteiger charge is 2.10. The van der Waals surface area contributed by atoms with Crippen LogP contribution in [-0.4, -0.2) is 33.2 Å². The number of carbonyl (C=O) groups is 1. The minimum atomic E-state index is -0.271. The van der Waals surface area contributed by atoms with Crippen molar-refractivity contribution in [2.24, 2.45) is 0 Å². The molecule has 0 unspecified atom stereocenters. The number of carbonyl (C=O) groups excluding carboxylic acids is 1. The van der Waals surface area contributed by atoms with Gasteiger partial charge in [-0.25, -0.2) is 0 Å². The van der Waals surface area contributed by atoms with Crippen LogP contribution in [0.1, 0.15) is 0 Å². The number of hydrogen-bond acceptors (Lipinski definition) is 5. The Kier molecular flexibility index (Phi) is 4.72. The van der Waals surface area contributed by atoms with Gasteiger partial charge in [-0.1, -0.05) is 29.8 Å². The van der Waals surface area contributed by atoms with Crippen LogP contribution in [0.25, 0.3) is 11.4 Å². The van der Waals surface area contributed by atoms with Gasteiger partial charge in [0.15, 0.2) is 0 Å². The molecule has 1 N–H and O–H groups in total. The Bertz CT molecular complexity index is 865. The molecule has 7 nitrogen and oxygen atoms in total. The number of methoxy groups -OCH3 is 1. The Morgan fingerprint density at radius 1 is 1.25 bits per heavy atom. The van der Waals surface area contributed by atoms with Gasteiger partial charge in [0.1, 0.15) is 12.3 Å². The normalized spacial score (nSPS) is 10.4. The van der Waals surface area contributed by atoms with Crippen LogP contribution in [0.5, 0.6) is 5.75 Å². The number of anilines is 1. The molecule has 3 aromatic rings. The summed E-state index contributed by atoms with van der Waals surface area (Å²) in [6.07, 6.45) is 0. The number of rotatable bonds is 5. The minimum absolute atomic E-state index is 0.0521. The number of ether oxygens (including phenoxy) is 1. The lowest BCUT2D eigenvalue weighted by Crippen LogP contribution is -2.20. The van der Waals surface area contributed by atoms with Crippen molar-refractivity contribution in [3.63, 3.8) is 0 Å². The van der Waals surface area contributed by atoms with Gasteiger partial charge in [0.05, 0.1) is 7.11 Å². The average Bonchev–Trinajstić information content (AvgIpc) is 3.03. The molecule has 0 saturated heterocycles. The van der Waals surface area contributed by atoms with Crippen LogP contribution in [-0.2, 0) is 11.3 Å². The van der Waals surface area contributed by atoms with Crippen molar-refractivity contribution in [2.45, 2.75) is 6.54 Å². The van der Waals surface area contributed by atoms with Crippen molar-refractivity contribution < 1.29 is 9.53 Å². The van der Waals surface area contributed by atoms with Gasteiger partial charge in [-0.2, -0.15) is 4.80 Å². The molecular weight excluding hydrogens is 330 g/mol. The van der Waals surface area contributed by atoms with E-state index in [0.29, 0.717) is 22.3 Å². The summed E-state index contributed by atoms with van der Waals surface area (Å²) in [5, 5.41) is 15.3. The van der Waals surface area contributed by atoms with Crippen molar-refractivity contribution >= 4 is 23.2 Å². The quantitative estimate of drug-likeness (QED) is 0.770. The summed E-state index contributed by atoms with van der Waals surface area (Å²) in [6.45, 7) is -0.0521. The molecule has 0 aliphatic rings. The second kappa shape index (κ2) is 7.10. The number of tetrazole rings is 1. The first-order valence-electron chi connectivity index (χ1n) is 7.12. The zero-order valence-corrected chi connectivity index (χ0v) is 13.6. The standard InChI is InChI=1S/C16H14ClN5O2/c1-24-14-7-2-4-11(8-14)16-19-21-22(20-16)10-15(23)18-13-6-3-5-12(17)9-13/h2-9H,10H2,1H3,(H,18,23). The summed E-state index contributed by atoms with van der Waals surface area (Å²) in [5.74, 6) is 0.846. The molecule has 0 aliphatic carbocycles. The molecule has 0 radical (unpaired) electrons. The molecule has 8 heteroatoms. The number of benzene rings is 2. The first-order valence-corrected chi connectivity index (χ1v) is 7.49. The SMILES string of the molecule is COc1cccc(-c2nnn(CC(=O)Nc3cccc(Cl)c3)n2)c1. The molecule has 1 aromatic heterocycles. The van der Waals surface area contributed by atoms with E-state index in [-0.39, 0.29) is 12.5 Å². The minimum Gasteiger partial charge on any atom is -0.497 e. The highest BCUT2D eigenvalue weighted by atomic mass is 35.5. The van der Waals surface area contributed by atoms with E-state index in [1.54, 1.807) is 37.4 Å². The summed E-state index contributed by atoms with van der Waals surface area (Å²) in [7, 11) is 1.59. The molecule has 3 rings (SSSR count). The number of hydrogen-bond donors (Lipinski definition) is 1. The molecule has 0 fully saturated rings. The van der Waals surface area contributed by atoms with Gasteiger partial charge in [-0.15, -0.1) is 10.2 Å². The third-order valence-corrected chi connectivity index (χ3v) is 3.41. The van der Waals surface area contributed by atoms with Gasteiger partial charge in [-0.05, 0) is 35.5 Å². The molecule has 0 bridgehead atoms. The summed E-state index contributed by atoms with van der Waals surface area (Å²) >= 11 is 5.88. The smallest absolute Gasteiger partial charge is 0.248 e. The van der Waals surface area contributed by atoms with Gasteiger partial charge in [0, 0.05) is 16.3 Å². The Labute approximate surface area is 143 Å². The van der Waals surface area contributed by atoms with Gasteiger partial charge in [0.2, 0.25) is 11.7 Å². The van der Waals surface area contributed by atoms with Crippen LogP contribution in [0.15, 0.2) is 48.5 Å². The highest BCUT2D eigenvalue weighted by Crippen LogP contribution is 2.20. The predicted octanol–water partition coefficient (Wildman–Crippen LogP) is 2.64. The molecule has 1 heterocycles. The van der Waals surface area contributed by atoms with Crippen LogP contribution in [0.4, 0.5) is 5.69 Å². The predicted molar refractivity (Wildman–Crippen MR) is 89.9 cm³/mol. The Morgan fingerprint density at radius 2 is 2.08 bits per heavy atom. The number of aromatic nitrogens is 4. The molecule has 0 aliphatic heterocycles. The lowest BCUT2D eigenvalue weighted by Gasteiger charge is -2.04. The second-order valence-corrected chi connectivity index (χ2v) is 5.37. The van der Waals surface area contributed by atoms with E-state index in [1.165, 1.54) is 4.80 Å². The Hall–Kier alpha value is -2.93. The molecule has 0 atom stereocenters. The highest BCUT2D eigenvalue weighted by molar-refractivity contribution is 6.30. The number of nitrogens with zero attached hydrogens (tertiary/aromatic N) is 4. The summed E-state index contributed by atoms with van der Waals surface area (Å²) in [4.78, 5) is 13.3. The van der Waals surface area contributed by atoms with E-state index in [1.807, 2.05) is 18.2 Å². The molecule has 2 aromatic carbocycles. The Balaban J connectivity index is 1.68. The zero-order valence-electron chi connectivity index (χ0n) is 12.8. The van der Waals surface area contributed by atoms with Crippen molar-refractivity contribution in [2.75, 3.05) is 12.4 Å². The summed E-state index contributed by atoms with van der Waals surface area (Å²) < 4.78 is 5.17. The van der Waals surface area contributed by atoms with E-state index in [2.05, 4.69) is 20.7 Å². The number of halogens is 1. The third kappa shape index (κ3) is 3.88. The third-order valence-electron chi connectivity index (χ3n) is 3.17. The van der Waals surface area contributed by atoms with Gasteiger partial charge in [-0.3, -0.25) is 4.79 Å². The maximum absolute atomic E-state index is 12.0.